The van der Waals surface area contributed by atoms with Gasteiger partial charge in [-0.15, -0.1) is 0 Å². The third-order valence-corrected chi connectivity index (χ3v) is 4.14. The maximum absolute atomic E-state index is 11.4. The van der Waals surface area contributed by atoms with E-state index in [-0.39, 0.29) is 0 Å². The zero-order chi connectivity index (χ0) is 9.03. The Morgan fingerprint density at radius 3 is 2.42 bits per heavy atom. The van der Waals surface area contributed by atoms with E-state index in [4.69, 9.17) is 0 Å². The van der Waals surface area contributed by atoms with Crippen molar-refractivity contribution >= 4 is 9.84 Å². The predicted octanol–water partition coefficient (Wildman–Crippen LogP) is 2.00. The van der Waals surface area contributed by atoms with Gasteiger partial charge in [-0.2, -0.15) is 0 Å². The van der Waals surface area contributed by atoms with E-state index in [0.29, 0.717) is 17.4 Å². The molecule has 0 aromatic carbocycles. The summed E-state index contributed by atoms with van der Waals surface area (Å²) in [5, 5.41) is 0. The van der Waals surface area contributed by atoms with Gasteiger partial charge in [-0.05, 0) is 25.2 Å². The zero-order valence-corrected chi connectivity index (χ0v) is 8.57. The molecule has 0 spiro atoms. The van der Waals surface area contributed by atoms with Crippen LogP contribution in [-0.2, 0) is 9.84 Å². The van der Waals surface area contributed by atoms with Gasteiger partial charge in [-0.1, -0.05) is 19.8 Å². The van der Waals surface area contributed by atoms with Crippen LogP contribution in [0.1, 0.15) is 39.0 Å². The summed E-state index contributed by atoms with van der Waals surface area (Å²) in [7, 11) is -2.69. The molecule has 2 nitrogen and oxygen atoms in total. The lowest BCUT2D eigenvalue weighted by molar-refractivity contribution is 0.587. The van der Waals surface area contributed by atoms with Gasteiger partial charge < -0.3 is 0 Å². The van der Waals surface area contributed by atoms with Gasteiger partial charge in [0.1, 0.15) is 0 Å². The normalized spacial score (nSPS) is 18.1. The van der Waals surface area contributed by atoms with Crippen LogP contribution in [-0.4, -0.2) is 19.9 Å². The highest BCUT2D eigenvalue weighted by Crippen LogP contribution is 2.30. The van der Waals surface area contributed by atoms with Crippen LogP contribution >= 0.6 is 0 Å². The minimum absolute atomic E-state index is 0.414. The fourth-order valence-corrected chi connectivity index (χ4v) is 3.16. The third kappa shape index (κ3) is 4.10. The molecule has 0 atom stereocenters. The summed E-state index contributed by atoms with van der Waals surface area (Å²) in [6.45, 7) is 2.09. The van der Waals surface area contributed by atoms with Crippen molar-refractivity contribution in [3.8, 4) is 0 Å². The van der Waals surface area contributed by atoms with Crippen molar-refractivity contribution in [2.45, 2.75) is 39.0 Å². The van der Waals surface area contributed by atoms with E-state index in [1.54, 1.807) is 0 Å². The first kappa shape index (κ1) is 10.0. The Balaban J connectivity index is 2.17. The fraction of sp³-hybridized carbons (Fsp3) is 1.00. The first-order valence-corrected chi connectivity index (χ1v) is 6.66. The molecule has 0 N–H and O–H groups in total. The van der Waals surface area contributed by atoms with E-state index in [2.05, 4.69) is 6.92 Å². The molecule has 0 aromatic rings. The molecule has 0 amide bonds. The van der Waals surface area contributed by atoms with Crippen molar-refractivity contribution in [2.24, 2.45) is 5.92 Å². The number of sulfone groups is 1. The average Bonchev–Trinajstić information content (AvgIpc) is 2.71. The van der Waals surface area contributed by atoms with Crippen LogP contribution in [0.3, 0.4) is 0 Å². The van der Waals surface area contributed by atoms with Gasteiger partial charge in [0.2, 0.25) is 0 Å². The molecule has 1 aliphatic rings. The van der Waals surface area contributed by atoms with Gasteiger partial charge >= 0.3 is 0 Å². The van der Waals surface area contributed by atoms with Crippen LogP contribution in [0.4, 0.5) is 0 Å². The second-order valence-electron chi connectivity index (χ2n) is 3.76. The van der Waals surface area contributed by atoms with Crippen molar-refractivity contribution in [3.05, 3.63) is 0 Å². The first-order valence-electron chi connectivity index (χ1n) is 4.84. The van der Waals surface area contributed by atoms with Crippen molar-refractivity contribution in [3.63, 3.8) is 0 Å². The molecular weight excluding hydrogens is 172 g/mol. The number of hydrogen-bond donors (Lipinski definition) is 0. The topological polar surface area (TPSA) is 34.1 Å². The van der Waals surface area contributed by atoms with Crippen LogP contribution in [0.5, 0.6) is 0 Å². The average molecular weight is 190 g/mol. The lowest BCUT2D eigenvalue weighted by Gasteiger charge is -2.01. The Hall–Kier alpha value is -0.0500. The van der Waals surface area contributed by atoms with E-state index < -0.39 is 9.84 Å². The Morgan fingerprint density at radius 1 is 1.25 bits per heavy atom. The second kappa shape index (κ2) is 4.26. The van der Waals surface area contributed by atoms with Gasteiger partial charge in [0.05, 0.1) is 11.5 Å². The molecular formula is C9H18O2S. The molecule has 12 heavy (non-hydrogen) atoms. The van der Waals surface area contributed by atoms with E-state index in [0.717, 1.165) is 32.1 Å². The lowest BCUT2D eigenvalue weighted by Crippen LogP contribution is -2.12. The van der Waals surface area contributed by atoms with E-state index >= 15 is 0 Å². The SMILES string of the molecule is CCCCCS(=O)(=O)CC1CC1. The monoisotopic (exact) mass is 190 g/mol. The molecule has 0 saturated heterocycles. The lowest BCUT2D eigenvalue weighted by atomic mass is 10.3. The van der Waals surface area contributed by atoms with Gasteiger partial charge in [-0.25, -0.2) is 8.42 Å². The molecule has 72 valence electrons. The molecule has 1 aliphatic carbocycles. The molecule has 1 saturated carbocycles. The van der Waals surface area contributed by atoms with Crippen LogP contribution in [0.2, 0.25) is 0 Å². The van der Waals surface area contributed by atoms with Crippen LogP contribution < -0.4 is 0 Å². The predicted molar refractivity (Wildman–Crippen MR) is 50.9 cm³/mol. The summed E-state index contributed by atoms with van der Waals surface area (Å²) >= 11 is 0. The van der Waals surface area contributed by atoms with Crippen molar-refractivity contribution in [2.75, 3.05) is 11.5 Å². The van der Waals surface area contributed by atoms with Crippen LogP contribution in [0.15, 0.2) is 0 Å². The summed E-state index contributed by atoms with van der Waals surface area (Å²) in [5.74, 6) is 1.38. The molecule has 0 unspecified atom stereocenters. The smallest absolute Gasteiger partial charge is 0.150 e. The summed E-state index contributed by atoms with van der Waals surface area (Å²) in [4.78, 5) is 0. The highest BCUT2D eigenvalue weighted by Gasteiger charge is 2.27. The molecule has 0 heterocycles. The molecule has 0 bridgehead atoms. The highest BCUT2D eigenvalue weighted by atomic mass is 32.2. The minimum atomic E-state index is -2.69. The molecule has 0 aliphatic heterocycles. The van der Waals surface area contributed by atoms with Gasteiger partial charge in [0.25, 0.3) is 0 Å². The van der Waals surface area contributed by atoms with E-state index in [9.17, 15) is 8.42 Å². The third-order valence-electron chi connectivity index (χ3n) is 2.25. The zero-order valence-electron chi connectivity index (χ0n) is 7.75. The summed E-state index contributed by atoms with van der Waals surface area (Å²) in [6.07, 6.45) is 5.26. The summed E-state index contributed by atoms with van der Waals surface area (Å²) in [5.41, 5.74) is 0. The quantitative estimate of drug-likeness (QED) is 0.600. The summed E-state index contributed by atoms with van der Waals surface area (Å²) in [6, 6.07) is 0. The van der Waals surface area contributed by atoms with Crippen LogP contribution in [0, 0.1) is 5.92 Å². The molecule has 1 rings (SSSR count). The van der Waals surface area contributed by atoms with Crippen molar-refractivity contribution in [1.82, 2.24) is 0 Å². The Kier molecular flexibility index (Phi) is 3.56. The minimum Gasteiger partial charge on any atom is -0.229 e. The van der Waals surface area contributed by atoms with Crippen molar-refractivity contribution < 1.29 is 8.42 Å². The van der Waals surface area contributed by atoms with Crippen LogP contribution in [0.25, 0.3) is 0 Å². The standard InChI is InChI=1S/C9H18O2S/c1-2-3-4-7-12(10,11)8-9-5-6-9/h9H,2-8H2,1H3. The maximum Gasteiger partial charge on any atom is 0.150 e. The van der Waals surface area contributed by atoms with Crippen molar-refractivity contribution in [1.29, 1.82) is 0 Å². The van der Waals surface area contributed by atoms with E-state index in [1.807, 2.05) is 0 Å². The summed E-state index contributed by atoms with van der Waals surface area (Å²) < 4.78 is 22.7. The Morgan fingerprint density at radius 2 is 1.92 bits per heavy atom. The van der Waals surface area contributed by atoms with Gasteiger partial charge in [0.15, 0.2) is 9.84 Å². The molecule has 3 heteroatoms. The fourth-order valence-electron chi connectivity index (χ4n) is 1.30. The van der Waals surface area contributed by atoms with Gasteiger partial charge in [0, 0.05) is 0 Å². The van der Waals surface area contributed by atoms with Gasteiger partial charge in [-0.3, -0.25) is 0 Å². The molecule has 0 radical (unpaired) electrons. The number of unbranched alkanes of at least 4 members (excludes halogenated alkanes) is 2. The Labute approximate surface area is 75.3 Å². The second-order valence-corrected chi connectivity index (χ2v) is 5.99. The number of hydrogen-bond acceptors (Lipinski definition) is 2. The largest absolute Gasteiger partial charge is 0.229 e. The first-order chi connectivity index (χ1) is 5.64. The maximum atomic E-state index is 11.4. The highest BCUT2D eigenvalue weighted by molar-refractivity contribution is 7.91. The van der Waals surface area contributed by atoms with E-state index in [1.165, 1.54) is 0 Å². The Bertz CT molecular complexity index is 215. The molecule has 0 aromatic heterocycles. The molecule has 1 fully saturated rings. The number of rotatable bonds is 6.